The van der Waals surface area contributed by atoms with Crippen LogP contribution in [0.1, 0.15) is 50.3 Å². The van der Waals surface area contributed by atoms with Gasteiger partial charge in [-0.1, -0.05) is 54.6 Å². The van der Waals surface area contributed by atoms with Gasteiger partial charge in [0.2, 0.25) is 5.43 Å². The largest absolute Gasteiger partial charge is 0.503 e. The monoisotopic (exact) mass is 473 g/mol. The number of aromatic hydroxyl groups is 1. The van der Waals surface area contributed by atoms with Gasteiger partial charge in [0.25, 0.3) is 5.91 Å². The number of benzene rings is 3. The summed E-state index contributed by atoms with van der Waals surface area (Å²) >= 11 is 0. The zero-order valence-corrected chi connectivity index (χ0v) is 19.5. The van der Waals surface area contributed by atoms with Gasteiger partial charge in [-0.05, 0) is 53.3 Å². The van der Waals surface area contributed by atoms with Crippen LogP contribution >= 0.6 is 0 Å². The van der Waals surface area contributed by atoms with Gasteiger partial charge in [-0.25, -0.2) is 0 Å². The molecule has 1 atom stereocenters. The number of pyridine rings is 1. The Morgan fingerprint density at radius 1 is 0.861 bits per heavy atom. The van der Waals surface area contributed by atoms with Gasteiger partial charge in [0.1, 0.15) is 0 Å². The predicted molar refractivity (Wildman–Crippen MR) is 136 cm³/mol. The molecule has 6 heteroatoms. The molecule has 0 bridgehead atoms. The van der Waals surface area contributed by atoms with Crippen molar-refractivity contribution < 1.29 is 9.90 Å². The lowest BCUT2D eigenvalue weighted by Gasteiger charge is -2.40. The van der Waals surface area contributed by atoms with Gasteiger partial charge in [0, 0.05) is 30.4 Å². The quantitative estimate of drug-likeness (QED) is 0.463. The van der Waals surface area contributed by atoms with Crippen molar-refractivity contribution in [2.45, 2.75) is 24.8 Å². The Kier molecular flexibility index (Phi) is 5.19. The van der Waals surface area contributed by atoms with E-state index < -0.39 is 17.1 Å². The Morgan fingerprint density at radius 3 is 2.19 bits per heavy atom. The molecule has 1 N–H and O–H groups in total. The Morgan fingerprint density at radius 2 is 1.53 bits per heavy atom. The second-order valence-corrected chi connectivity index (χ2v) is 9.31. The summed E-state index contributed by atoms with van der Waals surface area (Å²) in [6.45, 7) is 0.316. The van der Waals surface area contributed by atoms with Crippen LogP contribution in [0.25, 0.3) is 0 Å². The standard InChI is InChI=1S/C30H23N3O3/c31-17-19-6-5-9-22(16-19)33-18-25(32-15-14-26(34)29(35)28(32)30(33)36)27-23-10-3-1-7-20(23)12-13-21-8-2-4-11-24(21)27/h1-11,14-16,25,27,35H,12-13,18H2. The summed E-state index contributed by atoms with van der Waals surface area (Å²) in [5.41, 5.74) is 5.22. The Balaban J connectivity index is 1.61. The molecule has 0 fully saturated rings. The van der Waals surface area contributed by atoms with Gasteiger partial charge in [-0.3, -0.25) is 9.59 Å². The summed E-state index contributed by atoms with van der Waals surface area (Å²) in [4.78, 5) is 27.7. The second kappa shape index (κ2) is 8.54. The van der Waals surface area contributed by atoms with Crippen molar-refractivity contribution in [3.8, 4) is 11.8 Å². The van der Waals surface area contributed by atoms with Crippen molar-refractivity contribution in [1.29, 1.82) is 5.26 Å². The summed E-state index contributed by atoms with van der Waals surface area (Å²) in [6, 6.07) is 26.8. The molecule has 1 aliphatic heterocycles. The van der Waals surface area contributed by atoms with E-state index in [1.165, 1.54) is 28.3 Å². The van der Waals surface area contributed by atoms with Crippen molar-refractivity contribution in [1.82, 2.24) is 4.57 Å². The van der Waals surface area contributed by atoms with Gasteiger partial charge in [-0.2, -0.15) is 5.26 Å². The van der Waals surface area contributed by atoms with E-state index in [1.807, 2.05) is 24.3 Å². The number of carbonyl (C=O) groups excluding carboxylic acids is 1. The van der Waals surface area contributed by atoms with E-state index >= 15 is 0 Å². The first kappa shape index (κ1) is 21.9. The number of hydrogen-bond acceptors (Lipinski definition) is 4. The number of nitrogens with zero attached hydrogens (tertiary/aromatic N) is 3. The molecule has 6 rings (SSSR count). The average Bonchev–Trinajstić information content (AvgIpc) is 3.08. The minimum Gasteiger partial charge on any atom is -0.503 e. The minimum atomic E-state index is -0.595. The smallest absolute Gasteiger partial charge is 0.278 e. The van der Waals surface area contributed by atoms with E-state index in [2.05, 4.69) is 30.3 Å². The van der Waals surface area contributed by atoms with Crippen LogP contribution < -0.4 is 10.3 Å². The number of fused-ring (bicyclic) bond motifs is 3. The van der Waals surface area contributed by atoms with Crippen LogP contribution in [0.5, 0.6) is 5.75 Å². The predicted octanol–water partition coefficient (Wildman–Crippen LogP) is 4.56. The second-order valence-electron chi connectivity index (χ2n) is 9.31. The average molecular weight is 474 g/mol. The van der Waals surface area contributed by atoms with Gasteiger partial charge in [-0.15, -0.1) is 0 Å². The number of nitriles is 1. The van der Waals surface area contributed by atoms with Crippen LogP contribution in [0.3, 0.4) is 0 Å². The molecule has 0 radical (unpaired) electrons. The molecule has 1 aliphatic carbocycles. The van der Waals surface area contributed by atoms with E-state index in [4.69, 9.17) is 0 Å². The van der Waals surface area contributed by atoms with E-state index in [-0.39, 0.29) is 17.7 Å². The maximum Gasteiger partial charge on any atom is 0.278 e. The summed E-state index contributed by atoms with van der Waals surface area (Å²) in [5.74, 6) is -1.13. The number of rotatable bonds is 2. The van der Waals surface area contributed by atoms with Crippen molar-refractivity contribution in [2.24, 2.45) is 0 Å². The molecule has 36 heavy (non-hydrogen) atoms. The highest BCUT2D eigenvalue weighted by Gasteiger charge is 2.40. The van der Waals surface area contributed by atoms with Gasteiger partial charge >= 0.3 is 0 Å². The molecule has 6 nitrogen and oxygen atoms in total. The van der Waals surface area contributed by atoms with Gasteiger partial charge in [0.05, 0.1) is 17.7 Å². The molecule has 1 unspecified atom stereocenters. The van der Waals surface area contributed by atoms with Crippen LogP contribution in [0, 0.1) is 11.3 Å². The first-order valence-corrected chi connectivity index (χ1v) is 12.0. The number of hydrogen-bond donors (Lipinski definition) is 1. The molecule has 1 amide bonds. The number of carbonyl (C=O) groups is 1. The highest BCUT2D eigenvalue weighted by atomic mass is 16.3. The molecule has 2 aliphatic rings. The molecular formula is C30H23N3O3. The lowest BCUT2D eigenvalue weighted by atomic mass is 9.81. The first-order chi connectivity index (χ1) is 17.6. The van der Waals surface area contributed by atoms with E-state index in [0.29, 0.717) is 17.8 Å². The molecule has 0 saturated carbocycles. The van der Waals surface area contributed by atoms with Crippen LogP contribution in [0.15, 0.2) is 89.9 Å². The lowest BCUT2D eigenvalue weighted by Crippen LogP contribution is -2.46. The number of amides is 1. The maximum atomic E-state index is 13.7. The molecule has 0 saturated heterocycles. The SMILES string of the molecule is N#Cc1cccc(N2CC(C3c4ccccc4CCc4ccccc43)n3ccc(=O)c(O)c3C2=O)c1. The normalized spacial score (nSPS) is 16.9. The Labute approximate surface area is 208 Å². The summed E-state index contributed by atoms with van der Waals surface area (Å²) < 4.78 is 1.77. The molecule has 0 spiro atoms. The first-order valence-electron chi connectivity index (χ1n) is 12.0. The van der Waals surface area contributed by atoms with Crippen molar-refractivity contribution in [3.05, 3.63) is 129 Å². The molecule has 3 aromatic carbocycles. The third-order valence-electron chi connectivity index (χ3n) is 7.39. The zero-order chi connectivity index (χ0) is 24.8. The number of aryl methyl sites for hydroxylation is 2. The highest BCUT2D eigenvalue weighted by Crippen LogP contribution is 2.44. The fraction of sp³-hybridized carbons (Fsp3) is 0.167. The molecular weight excluding hydrogens is 450 g/mol. The molecule has 2 heterocycles. The van der Waals surface area contributed by atoms with E-state index in [1.54, 1.807) is 39.9 Å². The Bertz CT molecular complexity index is 1570. The summed E-state index contributed by atoms with van der Waals surface area (Å²) in [6.07, 6.45) is 3.44. The van der Waals surface area contributed by atoms with Crippen molar-refractivity contribution in [2.75, 3.05) is 11.4 Å². The topological polar surface area (TPSA) is 86.3 Å². The molecule has 1 aromatic heterocycles. The van der Waals surface area contributed by atoms with Gasteiger partial charge < -0.3 is 14.6 Å². The third-order valence-corrected chi connectivity index (χ3v) is 7.39. The highest BCUT2D eigenvalue weighted by molar-refractivity contribution is 6.07. The van der Waals surface area contributed by atoms with Crippen LogP contribution in [0.4, 0.5) is 5.69 Å². The fourth-order valence-electron chi connectivity index (χ4n) is 5.73. The van der Waals surface area contributed by atoms with E-state index in [9.17, 15) is 20.0 Å². The van der Waals surface area contributed by atoms with E-state index in [0.717, 1.165) is 12.8 Å². The summed E-state index contributed by atoms with van der Waals surface area (Å²) in [7, 11) is 0. The van der Waals surface area contributed by atoms with Crippen molar-refractivity contribution in [3.63, 3.8) is 0 Å². The molecule has 4 aromatic rings. The molecule has 176 valence electrons. The lowest BCUT2D eigenvalue weighted by molar-refractivity contribution is 0.0946. The maximum absolute atomic E-state index is 13.7. The zero-order valence-electron chi connectivity index (χ0n) is 19.5. The minimum absolute atomic E-state index is 0.0275. The summed E-state index contributed by atoms with van der Waals surface area (Å²) in [5, 5.41) is 20.2. The number of aromatic nitrogens is 1. The Hall–Kier alpha value is -4.63. The van der Waals surface area contributed by atoms with Gasteiger partial charge in [0.15, 0.2) is 11.4 Å². The fourth-order valence-corrected chi connectivity index (χ4v) is 5.73. The van der Waals surface area contributed by atoms with Crippen molar-refractivity contribution >= 4 is 11.6 Å². The number of anilines is 1. The van der Waals surface area contributed by atoms with Crippen LogP contribution in [0.2, 0.25) is 0 Å². The van der Waals surface area contributed by atoms with Crippen LogP contribution in [-0.2, 0) is 12.8 Å². The third kappa shape index (κ3) is 3.40. The van der Waals surface area contributed by atoms with Crippen LogP contribution in [-0.4, -0.2) is 22.1 Å².